The number of hydrogen-bond acceptors (Lipinski definition) is 3. The summed E-state index contributed by atoms with van der Waals surface area (Å²) >= 11 is 11.8. The summed E-state index contributed by atoms with van der Waals surface area (Å²) in [4.78, 5) is 12.4. The maximum atomic E-state index is 11.2. The summed E-state index contributed by atoms with van der Waals surface area (Å²) in [6.07, 6.45) is 0. The summed E-state index contributed by atoms with van der Waals surface area (Å²) in [6.45, 7) is 3.54. The van der Waals surface area contributed by atoms with Crippen LogP contribution >= 0.6 is 38.9 Å². The number of alkyl halides is 1. The number of benzene rings is 3. The van der Waals surface area contributed by atoms with Crippen LogP contribution in [0.15, 0.2) is 53.0 Å². The van der Waals surface area contributed by atoms with Gasteiger partial charge in [0.15, 0.2) is 0 Å². The van der Waals surface area contributed by atoms with Gasteiger partial charge in [-0.1, -0.05) is 36.4 Å². The number of carbonyl (C=O) groups excluding carboxylic acids is 1. The van der Waals surface area contributed by atoms with E-state index < -0.39 is 0 Å². The van der Waals surface area contributed by atoms with E-state index in [2.05, 4.69) is 47.1 Å². The van der Waals surface area contributed by atoms with Crippen molar-refractivity contribution < 1.29 is 9.53 Å². The predicted octanol–water partition coefficient (Wildman–Crippen LogP) is 7.46. The van der Waals surface area contributed by atoms with Gasteiger partial charge in [0.1, 0.15) is 5.75 Å². The van der Waals surface area contributed by atoms with Crippen molar-refractivity contribution in [1.82, 2.24) is 0 Å². The van der Waals surface area contributed by atoms with Crippen LogP contribution in [0.3, 0.4) is 0 Å². The molecule has 27 heavy (non-hydrogen) atoms. The molecule has 136 valence electrons. The van der Waals surface area contributed by atoms with Crippen molar-refractivity contribution in [2.24, 2.45) is 0 Å². The monoisotopic (exact) mass is 458 g/mol. The van der Waals surface area contributed by atoms with Crippen LogP contribution in [0.1, 0.15) is 17.4 Å². The molecule has 0 bridgehead atoms. The number of rotatable bonds is 3. The fourth-order valence-electron chi connectivity index (χ4n) is 3.45. The quantitative estimate of drug-likeness (QED) is 0.180. The topological polar surface area (TPSA) is 26.3 Å². The van der Waals surface area contributed by atoms with Crippen molar-refractivity contribution >= 4 is 65.7 Å². The molecule has 0 atom stereocenters. The third-order valence-corrected chi connectivity index (χ3v) is 7.47. The Bertz CT molecular complexity index is 1180. The maximum absolute atomic E-state index is 11.2. The Balaban J connectivity index is 2.06. The van der Waals surface area contributed by atoms with Crippen LogP contribution < -0.4 is 4.74 Å². The van der Waals surface area contributed by atoms with Gasteiger partial charge in [0.05, 0.1) is 10.6 Å². The second-order valence-electron chi connectivity index (χ2n) is 6.34. The zero-order valence-electron chi connectivity index (χ0n) is 14.8. The lowest BCUT2D eigenvalue weighted by molar-refractivity contribution is -0.131. The minimum Gasteiger partial charge on any atom is -0.427 e. The SMILES string of the molecule is CC(=O)Oc1ccc(-c2c3ccccc3c(Br)c3sc(CCl)c(C)c23)cc1. The number of carbonyl (C=O) groups is 1. The predicted molar refractivity (Wildman–Crippen MR) is 118 cm³/mol. The number of aryl methyl sites for hydroxylation is 1. The third kappa shape index (κ3) is 3.16. The first-order valence-electron chi connectivity index (χ1n) is 8.48. The Morgan fingerprint density at radius 2 is 1.78 bits per heavy atom. The minimum atomic E-state index is -0.320. The lowest BCUT2D eigenvalue weighted by Crippen LogP contribution is -2.00. The van der Waals surface area contributed by atoms with E-state index in [0.717, 1.165) is 10.0 Å². The molecule has 4 rings (SSSR count). The van der Waals surface area contributed by atoms with E-state index in [-0.39, 0.29) is 5.97 Å². The van der Waals surface area contributed by atoms with E-state index in [1.165, 1.54) is 43.8 Å². The van der Waals surface area contributed by atoms with Crippen LogP contribution in [0.2, 0.25) is 0 Å². The van der Waals surface area contributed by atoms with Crippen molar-refractivity contribution in [1.29, 1.82) is 0 Å². The van der Waals surface area contributed by atoms with E-state index in [0.29, 0.717) is 11.6 Å². The lowest BCUT2D eigenvalue weighted by atomic mass is 9.93. The van der Waals surface area contributed by atoms with Crippen LogP contribution in [0, 0.1) is 6.92 Å². The largest absolute Gasteiger partial charge is 0.427 e. The molecule has 1 heterocycles. The zero-order valence-corrected chi connectivity index (χ0v) is 18.0. The molecule has 3 aromatic carbocycles. The van der Waals surface area contributed by atoms with Crippen molar-refractivity contribution in [3.8, 4) is 16.9 Å². The van der Waals surface area contributed by atoms with E-state index >= 15 is 0 Å². The normalized spacial score (nSPS) is 11.3. The molecular weight excluding hydrogens is 444 g/mol. The summed E-state index contributed by atoms with van der Waals surface area (Å²) in [5, 5.41) is 3.58. The highest BCUT2D eigenvalue weighted by Crippen LogP contribution is 2.47. The smallest absolute Gasteiger partial charge is 0.308 e. The van der Waals surface area contributed by atoms with Gasteiger partial charge in [0.2, 0.25) is 0 Å². The number of thiophene rings is 1. The van der Waals surface area contributed by atoms with Crippen LogP contribution in [0.4, 0.5) is 0 Å². The molecular formula is C22H16BrClO2S. The van der Waals surface area contributed by atoms with Crippen LogP contribution in [-0.4, -0.2) is 5.97 Å². The molecule has 0 amide bonds. The van der Waals surface area contributed by atoms with E-state index in [1.807, 2.05) is 24.3 Å². The van der Waals surface area contributed by atoms with Crippen molar-refractivity contribution in [2.45, 2.75) is 19.7 Å². The van der Waals surface area contributed by atoms with E-state index in [4.69, 9.17) is 16.3 Å². The highest BCUT2D eigenvalue weighted by atomic mass is 79.9. The lowest BCUT2D eigenvalue weighted by Gasteiger charge is -2.13. The van der Waals surface area contributed by atoms with Crippen molar-refractivity contribution in [2.75, 3.05) is 0 Å². The molecule has 0 fully saturated rings. The van der Waals surface area contributed by atoms with Gasteiger partial charge in [-0.2, -0.15) is 0 Å². The Morgan fingerprint density at radius 3 is 2.41 bits per heavy atom. The summed E-state index contributed by atoms with van der Waals surface area (Å²) in [5.74, 6) is 0.728. The number of ether oxygens (including phenoxy) is 1. The standard InChI is InChI=1S/C22H16BrClO2S/c1-12-18(11-24)27-22-19(12)20(16-5-3-4-6-17(16)21(22)23)14-7-9-15(10-8-14)26-13(2)25/h3-10H,11H2,1-2H3. The van der Waals surface area contributed by atoms with Gasteiger partial charge in [-0.15, -0.1) is 22.9 Å². The molecule has 0 aliphatic carbocycles. The summed E-state index contributed by atoms with van der Waals surface area (Å²) in [5.41, 5.74) is 3.49. The van der Waals surface area contributed by atoms with E-state index in [1.54, 1.807) is 11.3 Å². The first-order valence-corrected chi connectivity index (χ1v) is 10.6. The second kappa shape index (κ2) is 7.27. The van der Waals surface area contributed by atoms with Crippen LogP contribution in [0.5, 0.6) is 5.75 Å². The van der Waals surface area contributed by atoms with Crippen LogP contribution in [-0.2, 0) is 10.7 Å². The molecule has 0 unspecified atom stereocenters. The highest BCUT2D eigenvalue weighted by Gasteiger charge is 2.19. The molecule has 0 saturated heterocycles. The fourth-order valence-corrected chi connectivity index (χ4v) is 5.71. The molecule has 0 N–H and O–H groups in total. The molecule has 0 spiro atoms. The zero-order chi connectivity index (χ0) is 19.1. The average molecular weight is 460 g/mol. The summed E-state index contributed by atoms with van der Waals surface area (Å²) < 4.78 is 7.50. The molecule has 5 heteroatoms. The summed E-state index contributed by atoms with van der Waals surface area (Å²) in [6, 6.07) is 16.1. The Morgan fingerprint density at radius 1 is 1.11 bits per heavy atom. The molecule has 0 radical (unpaired) electrons. The first-order chi connectivity index (χ1) is 13.0. The maximum Gasteiger partial charge on any atom is 0.308 e. The fraction of sp³-hybridized carbons (Fsp3) is 0.136. The van der Waals surface area contributed by atoms with Gasteiger partial charge >= 0.3 is 5.97 Å². The van der Waals surface area contributed by atoms with Crippen molar-refractivity contribution in [3.05, 3.63) is 63.4 Å². The van der Waals surface area contributed by atoms with Gasteiger partial charge in [-0.25, -0.2) is 0 Å². The average Bonchev–Trinajstić information content (AvgIpc) is 3.00. The number of hydrogen-bond donors (Lipinski definition) is 0. The number of fused-ring (bicyclic) bond motifs is 2. The molecule has 0 aliphatic rings. The Hall–Kier alpha value is -1.88. The molecule has 0 saturated carbocycles. The van der Waals surface area contributed by atoms with Gasteiger partial charge in [-0.05, 0) is 62.4 Å². The number of halogens is 2. The highest BCUT2D eigenvalue weighted by molar-refractivity contribution is 9.11. The minimum absolute atomic E-state index is 0.320. The van der Waals surface area contributed by atoms with Gasteiger partial charge in [0, 0.05) is 21.7 Å². The van der Waals surface area contributed by atoms with Gasteiger partial charge in [0.25, 0.3) is 0 Å². The summed E-state index contributed by atoms with van der Waals surface area (Å²) in [7, 11) is 0. The molecule has 4 aromatic rings. The third-order valence-electron chi connectivity index (χ3n) is 4.65. The first kappa shape index (κ1) is 18.5. The van der Waals surface area contributed by atoms with E-state index in [9.17, 15) is 4.79 Å². The van der Waals surface area contributed by atoms with Gasteiger partial charge < -0.3 is 4.74 Å². The van der Waals surface area contributed by atoms with Crippen molar-refractivity contribution in [3.63, 3.8) is 0 Å². The molecule has 1 aromatic heterocycles. The Labute approximate surface area is 174 Å². The van der Waals surface area contributed by atoms with Gasteiger partial charge in [-0.3, -0.25) is 4.79 Å². The van der Waals surface area contributed by atoms with Crippen LogP contribution in [0.25, 0.3) is 32.0 Å². The molecule has 2 nitrogen and oxygen atoms in total. The number of esters is 1. The second-order valence-corrected chi connectivity index (χ2v) is 8.51. The molecule has 0 aliphatic heterocycles. The Kier molecular flexibility index (Phi) is 4.97.